The largest absolute Gasteiger partial charge is 0.389 e. The van der Waals surface area contributed by atoms with Crippen LogP contribution in [-0.2, 0) is 4.74 Å². The summed E-state index contributed by atoms with van der Waals surface area (Å²) in [6.07, 6.45) is 7.54. The number of aliphatic hydroxyl groups excluding tert-OH is 1. The summed E-state index contributed by atoms with van der Waals surface area (Å²) in [6.45, 7) is 7.53. The zero-order valence-electron chi connectivity index (χ0n) is 22.0. The summed E-state index contributed by atoms with van der Waals surface area (Å²) in [7, 11) is 1.65. The van der Waals surface area contributed by atoms with Crippen LogP contribution >= 0.6 is 0 Å². The van der Waals surface area contributed by atoms with E-state index in [1.54, 1.807) is 19.5 Å². The number of rotatable bonds is 7. The van der Waals surface area contributed by atoms with Gasteiger partial charge in [0.2, 0.25) is 0 Å². The lowest BCUT2D eigenvalue weighted by atomic mass is 9.94. The van der Waals surface area contributed by atoms with E-state index in [4.69, 9.17) is 9.72 Å². The van der Waals surface area contributed by atoms with Gasteiger partial charge in [-0.3, -0.25) is 0 Å². The minimum absolute atomic E-state index is 0.126. The molecule has 2 aliphatic heterocycles. The number of nitrogens with zero attached hydrogens (tertiary/aromatic N) is 7. The van der Waals surface area contributed by atoms with Crippen LogP contribution < -0.4 is 15.1 Å². The number of nitrogens with one attached hydrogen (secondary N) is 1. The van der Waals surface area contributed by atoms with E-state index >= 15 is 0 Å². The summed E-state index contributed by atoms with van der Waals surface area (Å²) in [4.78, 5) is 13.8. The summed E-state index contributed by atoms with van der Waals surface area (Å²) < 4.78 is 7.32. The Hall–Kier alpha value is -3.76. The number of ether oxygens (including phenoxy) is 1. The Bertz CT molecular complexity index is 1400. The summed E-state index contributed by atoms with van der Waals surface area (Å²) in [6, 6.07) is 10.9. The van der Waals surface area contributed by atoms with Crippen molar-refractivity contribution < 1.29 is 9.84 Å². The molecular formula is C28H34N8O2. The van der Waals surface area contributed by atoms with Crippen molar-refractivity contribution in [2.24, 2.45) is 0 Å². The minimum Gasteiger partial charge on any atom is -0.389 e. The van der Waals surface area contributed by atoms with Crippen molar-refractivity contribution in [1.29, 1.82) is 0 Å². The molecule has 0 saturated carbocycles. The molecule has 0 spiro atoms. The van der Waals surface area contributed by atoms with Crippen molar-refractivity contribution >= 4 is 33.8 Å². The van der Waals surface area contributed by atoms with Crippen molar-refractivity contribution in [3.05, 3.63) is 60.7 Å². The van der Waals surface area contributed by atoms with Crippen LogP contribution in [0.4, 0.5) is 23.0 Å². The molecule has 0 amide bonds. The molecule has 0 bridgehead atoms. The monoisotopic (exact) mass is 514 g/mol. The smallest absolute Gasteiger partial charge is 0.130 e. The highest BCUT2D eigenvalue weighted by Crippen LogP contribution is 2.37. The molecule has 38 heavy (non-hydrogen) atoms. The third kappa shape index (κ3) is 4.65. The molecule has 0 aliphatic carbocycles. The van der Waals surface area contributed by atoms with Crippen LogP contribution in [0.3, 0.4) is 0 Å². The third-order valence-corrected chi connectivity index (χ3v) is 7.72. The fraction of sp³-hybridized carbons (Fsp3) is 0.429. The van der Waals surface area contributed by atoms with Crippen molar-refractivity contribution in [2.45, 2.75) is 44.4 Å². The van der Waals surface area contributed by atoms with Gasteiger partial charge < -0.3 is 25.0 Å². The quantitative estimate of drug-likeness (QED) is 0.382. The molecule has 2 fully saturated rings. The molecular weight excluding hydrogens is 480 g/mol. The highest BCUT2D eigenvalue weighted by atomic mass is 16.5. The molecule has 2 N–H and O–H groups in total. The summed E-state index contributed by atoms with van der Waals surface area (Å²) in [5.74, 6) is 2.00. The second-order valence-electron chi connectivity index (χ2n) is 10.5. The predicted octanol–water partition coefficient (Wildman–Crippen LogP) is 3.74. The molecule has 2 saturated heterocycles. The number of benzene rings is 1. The average Bonchev–Trinajstić information content (AvgIpc) is 3.42. The van der Waals surface area contributed by atoms with E-state index in [1.165, 1.54) is 16.6 Å². The highest BCUT2D eigenvalue weighted by Gasteiger charge is 2.31. The third-order valence-electron chi connectivity index (χ3n) is 7.72. The van der Waals surface area contributed by atoms with E-state index in [0.717, 1.165) is 48.8 Å². The first-order valence-electron chi connectivity index (χ1n) is 13.2. The standard InChI is InChI=1S/C28H34N8O2/c1-18(2)21-4-5-24(35-15-20(16-35)36-11-9-31-33-36)23-14-30-27(13-22(21)23)32-19-6-8-29-28(12-19)34-10-7-26(38-3)25(37)17-34/h4-6,8-9,11-14,18,20,25-26,37H,7,10,15-17H2,1-3H3,(H,29,30,32)/t25-,26+/m0/s1. The van der Waals surface area contributed by atoms with Gasteiger partial charge in [-0.05, 0) is 41.5 Å². The normalized spacial score (nSPS) is 20.2. The molecule has 10 heteroatoms. The maximum atomic E-state index is 10.4. The molecule has 10 nitrogen and oxygen atoms in total. The van der Waals surface area contributed by atoms with E-state index in [0.29, 0.717) is 18.5 Å². The van der Waals surface area contributed by atoms with Crippen LogP contribution in [-0.4, -0.2) is 75.6 Å². The Morgan fingerprint density at radius 3 is 2.63 bits per heavy atom. The van der Waals surface area contributed by atoms with Gasteiger partial charge in [0.1, 0.15) is 11.6 Å². The van der Waals surface area contributed by atoms with Gasteiger partial charge in [-0.1, -0.05) is 25.1 Å². The van der Waals surface area contributed by atoms with Gasteiger partial charge in [0, 0.05) is 74.7 Å². The van der Waals surface area contributed by atoms with E-state index in [-0.39, 0.29) is 6.10 Å². The van der Waals surface area contributed by atoms with Crippen LogP contribution in [0.5, 0.6) is 0 Å². The van der Waals surface area contributed by atoms with E-state index in [2.05, 4.69) is 62.5 Å². The molecule has 2 aliphatic rings. The van der Waals surface area contributed by atoms with E-state index in [9.17, 15) is 5.11 Å². The zero-order valence-corrected chi connectivity index (χ0v) is 22.0. The minimum atomic E-state index is -0.532. The van der Waals surface area contributed by atoms with Crippen LogP contribution in [0, 0.1) is 0 Å². The molecule has 3 aromatic heterocycles. The van der Waals surface area contributed by atoms with E-state index < -0.39 is 6.10 Å². The fourth-order valence-corrected chi connectivity index (χ4v) is 5.54. The lowest BCUT2D eigenvalue weighted by Crippen LogP contribution is -2.48. The van der Waals surface area contributed by atoms with Gasteiger partial charge in [-0.2, -0.15) is 0 Å². The number of β-amino-alcohol motifs (C(OH)–C–C–N with tert-alkyl or cyclic N) is 1. The summed E-state index contributed by atoms with van der Waals surface area (Å²) in [5, 5.41) is 24.3. The maximum Gasteiger partial charge on any atom is 0.130 e. The molecule has 2 atom stereocenters. The highest BCUT2D eigenvalue weighted by molar-refractivity contribution is 5.98. The Morgan fingerprint density at radius 1 is 1.03 bits per heavy atom. The Balaban J connectivity index is 1.24. The SMILES string of the molecule is CO[C@@H]1CCN(c2cc(Nc3cc4c(C(C)C)ccc(N5CC(n6ccnn6)C5)c4cn3)ccn2)C[C@@H]1O. The zero-order chi connectivity index (χ0) is 26.2. The number of aromatic nitrogens is 5. The Labute approximate surface area is 222 Å². The maximum absolute atomic E-state index is 10.4. The lowest BCUT2D eigenvalue weighted by molar-refractivity contribution is -0.0218. The topological polar surface area (TPSA) is 104 Å². The van der Waals surface area contributed by atoms with Gasteiger partial charge in [-0.25, -0.2) is 14.6 Å². The van der Waals surface area contributed by atoms with Crippen LogP contribution in [0.25, 0.3) is 10.8 Å². The van der Waals surface area contributed by atoms with Gasteiger partial charge in [0.05, 0.1) is 24.4 Å². The average molecular weight is 515 g/mol. The molecule has 4 aromatic rings. The molecule has 6 rings (SSSR count). The number of hydrogen-bond acceptors (Lipinski definition) is 9. The van der Waals surface area contributed by atoms with Crippen molar-refractivity contribution in [3.8, 4) is 0 Å². The summed E-state index contributed by atoms with van der Waals surface area (Å²) >= 11 is 0. The van der Waals surface area contributed by atoms with Gasteiger partial charge in [0.25, 0.3) is 0 Å². The second-order valence-corrected chi connectivity index (χ2v) is 10.5. The lowest BCUT2D eigenvalue weighted by Gasteiger charge is -2.41. The first kappa shape index (κ1) is 24.6. The van der Waals surface area contributed by atoms with Crippen LogP contribution in [0.15, 0.2) is 55.1 Å². The van der Waals surface area contributed by atoms with Crippen LogP contribution in [0.1, 0.15) is 37.8 Å². The van der Waals surface area contributed by atoms with Gasteiger partial charge >= 0.3 is 0 Å². The second kappa shape index (κ2) is 10.2. The van der Waals surface area contributed by atoms with Crippen LogP contribution in [0.2, 0.25) is 0 Å². The number of anilines is 4. The number of methoxy groups -OCH3 is 1. The predicted molar refractivity (Wildman–Crippen MR) is 148 cm³/mol. The van der Waals surface area contributed by atoms with Gasteiger partial charge in [-0.15, -0.1) is 5.10 Å². The van der Waals surface area contributed by atoms with Crippen molar-refractivity contribution in [1.82, 2.24) is 25.0 Å². The van der Waals surface area contributed by atoms with Crippen molar-refractivity contribution in [2.75, 3.05) is 48.4 Å². The number of pyridine rings is 2. The fourth-order valence-electron chi connectivity index (χ4n) is 5.54. The first-order chi connectivity index (χ1) is 18.5. The summed E-state index contributed by atoms with van der Waals surface area (Å²) in [5.41, 5.74) is 3.41. The molecule has 0 unspecified atom stereocenters. The van der Waals surface area contributed by atoms with Crippen molar-refractivity contribution in [3.63, 3.8) is 0 Å². The first-order valence-corrected chi connectivity index (χ1v) is 13.2. The van der Waals surface area contributed by atoms with Gasteiger partial charge in [0.15, 0.2) is 0 Å². The molecule has 1 aromatic carbocycles. The Morgan fingerprint density at radius 2 is 1.89 bits per heavy atom. The number of hydrogen-bond donors (Lipinski definition) is 2. The number of fused-ring (bicyclic) bond motifs is 1. The number of aliphatic hydroxyl groups is 1. The van der Waals surface area contributed by atoms with E-state index in [1.807, 2.05) is 29.2 Å². The Kier molecular flexibility index (Phi) is 6.59. The molecule has 0 radical (unpaired) electrons. The number of piperidine rings is 1. The molecule has 5 heterocycles. The molecule has 198 valence electrons.